The van der Waals surface area contributed by atoms with Crippen LogP contribution in [0.15, 0.2) is 48.5 Å². The molecule has 0 bridgehead atoms. The zero-order chi connectivity index (χ0) is 23.4. The Labute approximate surface area is 193 Å². The van der Waals surface area contributed by atoms with Crippen LogP contribution in [0.3, 0.4) is 0 Å². The van der Waals surface area contributed by atoms with Crippen molar-refractivity contribution in [3.8, 4) is 11.5 Å². The van der Waals surface area contributed by atoms with Crippen LogP contribution in [0.2, 0.25) is 0 Å². The molecule has 0 aromatic heterocycles. The molecule has 0 aliphatic carbocycles. The Kier molecular flexibility index (Phi) is 6.93. The van der Waals surface area contributed by atoms with Crippen LogP contribution in [0.25, 0.3) is 0 Å². The fraction of sp³-hybridized carbons (Fsp3) is 0.400. The number of para-hydroxylation sites is 1. The summed E-state index contributed by atoms with van der Waals surface area (Å²) in [5, 5.41) is 9.16. The highest BCUT2D eigenvalue weighted by Gasteiger charge is 2.38. The normalized spacial score (nSPS) is 17.7. The van der Waals surface area contributed by atoms with Crippen molar-refractivity contribution in [1.82, 2.24) is 15.5 Å². The van der Waals surface area contributed by atoms with E-state index in [1.807, 2.05) is 44.2 Å². The van der Waals surface area contributed by atoms with Crippen LogP contribution < -0.4 is 20.7 Å². The van der Waals surface area contributed by atoms with Gasteiger partial charge in [0.1, 0.15) is 24.1 Å². The smallest absolute Gasteiger partial charge is 0.257 e. The van der Waals surface area contributed by atoms with Crippen molar-refractivity contribution in [2.24, 2.45) is 5.92 Å². The molecule has 2 aliphatic heterocycles. The molecule has 0 spiro atoms. The molecule has 2 aromatic carbocycles. The molecule has 1 atom stereocenters. The summed E-state index contributed by atoms with van der Waals surface area (Å²) in [5.74, 6) is 0.0117. The fourth-order valence-electron chi connectivity index (χ4n) is 4.35. The molecule has 4 rings (SSSR count). The quantitative estimate of drug-likeness (QED) is 0.629. The van der Waals surface area contributed by atoms with Crippen LogP contribution >= 0.6 is 0 Å². The predicted octanol–water partition coefficient (Wildman–Crippen LogP) is 2.77. The van der Waals surface area contributed by atoms with Gasteiger partial charge in [-0.2, -0.15) is 0 Å². The number of anilines is 1. The number of amides is 3. The van der Waals surface area contributed by atoms with Gasteiger partial charge >= 0.3 is 0 Å². The van der Waals surface area contributed by atoms with Gasteiger partial charge in [-0.15, -0.1) is 0 Å². The molecule has 8 heteroatoms. The number of carbonyl (C=O) groups excluding carboxylic acids is 3. The summed E-state index contributed by atoms with van der Waals surface area (Å²) in [4.78, 5) is 40.9. The van der Waals surface area contributed by atoms with Gasteiger partial charge in [0.05, 0.1) is 11.3 Å². The van der Waals surface area contributed by atoms with Gasteiger partial charge in [0.25, 0.3) is 5.91 Å². The van der Waals surface area contributed by atoms with Gasteiger partial charge in [0.15, 0.2) is 0 Å². The Hall–Kier alpha value is -3.39. The molecule has 0 saturated carbocycles. The standard InChI is InChI=1S/C25H30N4O4/c1-16(2)23(24(31)27-17-10-12-26-13-11-17)29-15-22(30)28-21-9-8-19(14-20(21)25(29)32)33-18-6-4-3-5-7-18/h3-9,14,16-17,23,26H,10-13,15H2,1-2H3,(H,27,31)(H,28,30)/t23-/m1/s1. The van der Waals surface area contributed by atoms with Gasteiger partial charge in [-0.1, -0.05) is 32.0 Å². The van der Waals surface area contributed by atoms with Crippen LogP contribution in [0.4, 0.5) is 5.69 Å². The SMILES string of the molecule is CC(C)[C@H](C(=O)NC1CCNCC1)N1CC(=O)Nc2ccc(Oc3ccccc3)cc2C1=O. The summed E-state index contributed by atoms with van der Waals surface area (Å²) in [7, 11) is 0. The van der Waals surface area contributed by atoms with E-state index < -0.39 is 6.04 Å². The minimum Gasteiger partial charge on any atom is -0.457 e. The second-order valence-corrected chi connectivity index (χ2v) is 8.83. The second-order valence-electron chi connectivity index (χ2n) is 8.83. The number of benzene rings is 2. The van der Waals surface area contributed by atoms with Gasteiger partial charge in [-0.05, 0) is 62.2 Å². The molecule has 8 nitrogen and oxygen atoms in total. The third-order valence-corrected chi connectivity index (χ3v) is 5.97. The van der Waals surface area contributed by atoms with Gasteiger partial charge in [0, 0.05) is 6.04 Å². The highest BCUT2D eigenvalue weighted by molar-refractivity contribution is 6.10. The maximum Gasteiger partial charge on any atom is 0.257 e. The van der Waals surface area contributed by atoms with Crippen LogP contribution in [0.1, 0.15) is 37.0 Å². The molecule has 3 N–H and O–H groups in total. The first-order chi connectivity index (χ1) is 15.9. The van der Waals surface area contributed by atoms with Crippen molar-refractivity contribution in [3.05, 3.63) is 54.1 Å². The first-order valence-corrected chi connectivity index (χ1v) is 11.4. The lowest BCUT2D eigenvalue weighted by Crippen LogP contribution is -2.56. The highest BCUT2D eigenvalue weighted by atomic mass is 16.5. The molecule has 3 amide bonds. The number of hydrogen-bond donors (Lipinski definition) is 3. The molecule has 2 aliphatic rings. The van der Waals surface area contributed by atoms with Crippen LogP contribution in [0.5, 0.6) is 11.5 Å². The van der Waals surface area contributed by atoms with Crippen LogP contribution in [0, 0.1) is 5.92 Å². The van der Waals surface area contributed by atoms with Crippen molar-refractivity contribution >= 4 is 23.4 Å². The summed E-state index contributed by atoms with van der Waals surface area (Å²) in [5.41, 5.74) is 0.712. The van der Waals surface area contributed by atoms with E-state index in [9.17, 15) is 14.4 Å². The lowest BCUT2D eigenvalue weighted by Gasteiger charge is -2.34. The average molecular weight is 451 g/mol. The van der Waals surface area contributed by atoms with E-state index in [0.717, 1.165) is 25.9 Å². The molecule has 174 valence electrons. The molecule has 0 radical (unpaired) electrons. The number of nitrogens with zero attached hydrogens (tertiary/aromatic N) is 1. The molecule has 33 heavy (non-hydrogen) atoms. The van der Waals surface area contributed by atoms with Gasteiger partial charge in [-0.25, -0.2) is 0 Å². The van der Waals surface area contributed by atoms with E-state index in [4.69, 9.17) is 4.74 Å². The minimum atomic E-state index is -0.761. The Balaban J connectivity index is 1.60. The molecular weight excluding hydrogens is 420 g/mol. The minimum absolute atomic E-state index is 0.0640. The largest absolute Gasteiger partial charge is 0.457 e. The highest BCUT2D eigenvalue weighted by Crippen LogP contribution is 2.30. The van der Waals surface area contributed by atoms with Gasteiger partial charge < -0.3 is 25.6 Å². The first-order valence-electron chi connectivity index (χ1n) is 11.4. The summed E-state index contributed by atoms with van der Waals surface area (Å²) in [6.45, 7) is 5.28. The van der Waals surface area contributed by atoms with Gasteiger partial charge in [0.2, 0.25) is 11.8 Å². The second kappa shape index (κ2) is 10.0. The Morgan fingerprint density at radius 2 is 1.79 bits per heavy atom. The van der Waals surface area contributed by atoms with E-state index in [1.54, 1.807) is 18.2 Å². The van der Waals surface area contributed by atoms with Crippen molar-refractivity contribution in [1.29, 1.82) is 0 Å². The number of hydrogen-bond acceptors (Lipinski definition) is 5. The van der Waals surface area contributed by atoms with E-state index in [1.165, 1.54) is 4.90 Å². The Morgan fingerprint density at radius 1 is 1.06 bits per heavy atom. The third-order valence-electron chi connectivity index (χ3n) is 5.97. The molecule has 1 fully saturated rings. The molecular formula is C25H30N4O4. The first kappa shape index (κ1) is 22.8. The van der Waals surface area contributed by atoms with Crippen LogP contribution in [-0.4, -0.2) is 54.3 Å². The summed E-state index contributed by atoms with van der Waals surface area (Å²) >= 11 is 0. The number of piperidine rings is 1. The molecule has 0 unspecified atom stereocenters. The number of nitrogens with one attached hydrogen (secondary N) is 3. The molecule has 2 heterocycles. The van der Waals surface area contributed by atoms with Crippen LogP contribution in [-0.2, 0) is 9.59 Å². The molecule has 2 aromatic rings. The van der Waals surface area contributed by atoms with E-state index >= 15 is 0 Å². The number of ether oxygens (including phenoxy) is 1. The number of fused-ring (bicyclic) bond motifs is 1. The summed E-state index contributed by atoms with van der Waals surface area (Å²) < 4.78 is 5.88. The lowest BCUT2D eigenvalue weighted by atomic mass is 9.98. The number of rotatable bonds is 6. The van der Waals surface area contributed by atoms with E-state index in [0.29, 0.717) is 22.7 Å². The summed E-state index contributed by atoms with van der Waals surface area (Å²) in [6, 6.07) is 13.5. The van der Waals surface area contributed by atoms with Gasteiger partial charge in [-0.3, -0.25) is 14.4 Å². The van der Waals surface area contributed by atoms with Crippen molar-refractivity contribution in [3.63, 3.8) is 0 Å². The third kappa shape index (κ3) is 5.34. The van der Waals surface area contributed by atoms with Crippen molar-refractivity contribution in [2.75, 3.05) is 25.0 Å². The average Bonchev–Trinajstić information content (AvgIpc) is 2.91. The summed E-state index contributed by atoms with van der Waals surface area (Å²) in [6.07, 6.45) is 1.68. The topological polar surface area (TPSA) is 99.8 Å². The predicted molar refractivity (Wildman–Crippen MR) is 125 cm³/mol. The number of carbonyl (C=O) groups is 3. The van der Waals surface area contributed by atoms with Crippen molar-refractivity contribution in [2.45, 2.75) is 38.8 Å². The van der Waals surface area contributed by atoms with Crippen molar-refractivity contribution < 1.29 is 19.1 Å². The maximum atomic E-state index is 13.6. The lowest BCUT2D eigenvalue weighted by molar-refractivity contribution is -0.129. The maximum absolute atomic E-state index is 13.6. The van der Waals surface area contributed by atoms with E-state index in [-0.39, 0.29) is 36.2 Å². The fourth-order valence-corrected chi connectivity index (χ4v) is 4.35. The Morgan fingerprint density at radius 3 is 2.48 bits per heavy atom. The molecule has 1 saturated heterocycles. The monoisotopic (exact) mass is 450 g/mol. The zero-order valence-corrected chi connectivity index (χ0v) is 19.0. The van der Waals surface area contributed by atoms with E-state index in [2.05, 4.69) is 16.0 Å². The zero-order valence-electron chi connectivity index (χ0n) is 19.0. The Bertz CT molecular complexity index is 1020.